The van der Waals surface area contributed by atoms with Gasteiger partial charge in [0, 0.05) is 5.92 Å². The van der Waals surface area contributed by atoms with Crippen molar-refractivity contribution in [2.75, 3.05) is 6.61 Å². The Morgan fingerprint density at radius 2 is 1.47 bits per heavy atom. The van der Waals surface area contributed by atoms with E-state index in [-0.39, 0.29) is 0 Å². The average molecular weight is 235 g/mol. The number of ether oxygens (including phenoxy) is 1. The van der Waals surface area contributed by atoms with E-state index in [0.29, 0.717) is 12.0 Å². The molecule has 0 aromatic heterocycles. The zero-order valence-electron chi connectivity index (χ0n) is 10.9. The van der Waals surface area contributed by atoms with Crippen molar-refractivity contribution in [1.82, 2.24) is 0 Å². The summed E-state index contributed by atoms with van der Waals surface area (Å²) in [6.07, 6.45) is 13.8. The molecule has 0 saturated heterocycles. The van der Waals surface area contributed by atoms with Gasteiger partial charge in [-0.2, -0.15) is 0 Å². The van der Waals surface area contributed by atoms with E-state index >= 15 is 0 Å². The Bertz CT molecular complexity index is 275. The van der Waals surface area contributed by atoms with Crippen molar-refractivity contribution in [3.63, 3.8) is 0 Å². The second kappa shape index (κ2) is 5.41. The number of hydrogen-bond acceptors (Lipinski definition) is 2. The fourth-order valence-electron chi connectivity index (χ4n) is 3.74. The highest BCUT2D eigenvalue weighted by atomic mass is 16.5. The minimum atomic E-state index is 0.507. The molecular weight excluding hydrogens is 210 g/mol. The summed E-state index contributed by atoms with van der Waals surface area (Å²) in [6.45, 7) is 0.885. The van der Waals surface area contributed by atoms with E-state index < -0.39 is 0 Å². The van der Waals surface area contributed by atoms with Gasteiger partial charge >= 0.3 is 0 Å². The van der Waals surface area contributed by atoms with Gasteiger partial charge in [0.2, 0.25) is 0 Å². The van der Waals surface area contributed by atoms with E-state index in [1.54, 1.807) is 0 Å². The molecule has 1 aliphatic heterocycles. The molecule has 2 aliphatic carbocycles. The van der Waals surface area contributed by atoms with Gasteiger partial charge in [-0.05, 0) is 31.6 Å². The molecule has 0 spiro atoms. The minimum absolute atomic E-state index is 0.507. The van der Waals surface area contributed by atoms with Crippen LogP contribution in [0.4, 0.5) is 0 Å². The molecule has 0 radical (unpaired) electrons. The van der Waals surface area contributed by atoms with Crippen LogP contribution in [0.15, 0.2) is 4.99 Å². The van der Waals surface area contributed by atoms with Crippen molar-refractivity contribution in [3.8, 4) is 0 Å². The number of aliphatic imine (C=N–C) groups is 1. The average Bonchev–Trinajstić information content (AvgIpc) is 2.90. The summed E-state index contributed by atoms with van der Waals surface area (Å²) in [4.78, 5) is 4.93. The maximum atomic E-state index is 5.91. The van der Waals surface area contributed by atoms with Crippen molar-refractivity contribution in [3.05, 3.63) is 0 Å². The first-order valence-electron chi connectivity index (χ1n) is 7.64. The third-order valence-electron chi connectivity index (χ3n) is 4.84. The zero-order chi connectivity index (χ0) is 11.5. The molecule has 2 nitrogen and oxygen atoms in total. The second-order valence-electron chi connectivity index (χ2n) is 6.08. The van der Waals surface area contributed by atoms with Crippen LogP contribution in [0.2, 0.25) is 0 Å². The van der Waals surface area contributed by atoms with Gasteiger partial charge in [-0.15, -0.1) is 0 Å². The maximum Gasteiger partial charge on any atom is 0.186 e. The lowest BCUT2D eigenvalue weighted by molar-refractivity contribution is 0.229. The number of nitrogens with zero attached hydrogens (tertiary/aromatic N) is 1. The smallest absolute Gasteiger partial charge is 0.186 e. The lowest BCUT2D eigenvalue weighted by atomic mass is 9.84. The third-order valence-corrected chi connectivity index (χ3v) is 4.84. The first-order chi connectivity index (χ1) is 8.43. The fraction of sp³-hybridized carbons (Fsp3) is 0.933. The molecule has 1 atom stereocenters. The van der Waals surface area contributed by atoms with Crippen molar-refractivity contribution >= 4 is 5.90 Å². The second-order valence-corrected chi connectivity index (χ2v) is 6.08. The molecule has 96 valence electrons. The largest absolute Gasteiger partial charge is 0.478 e. The van der Waals surface area contributed by atoms with Gasteiger partial charge in [0.05, 0.1) is 6.04 Å². The summed E-state index contributed by atoms with van der Waals surface area (Å²) in [5.41, 5.74) is 0. The molecule has 1 unspecified atom stereocenters. The van der Waals surface area contributed by atoms with Crippen LogP contribution < -0.4 is 0 Å². The summed E-state index contributed by atoms with van der Waals surface area (Å²) >= 11 is 0. The molecule has 0 N–H and O–H groups in total. The van der Waals surface area contributed by atoms with Crippen LogP contribution in [0.3, 0.4) is 0 Å². The Balaban J connectivity index is 1.59. The van der Waals surface area contributed by atoms with Crippen LogP contribution in [0.5, 0.6) is 0 Å². The molecule has 3 rings (SSSR count). The highest BCUT2D eigenvalue weighted by Gasteiger charge is 2.32. The minimum Gasteiger partial charge on any atom is -0.478 e. The monoisotopic (exact) mass is 235 g/mol. The molecule has 2 fully saturated rings. The van der Waals surface area contributed by atoms with E-state index in [1.807, 2.05) is 0 Å². The normalized spacial score (nSPS) is 32.2. The Morgan fingerprint density at radius 1 is 0.824 bits per heavy atom. The lowest BCUT2D eigenvalue weighted by Gasteiger charge is -2.24. The summed E-state index contributed by atoms with van der Waals surface area (Å²) in [7, 11) is 0. The quantitative estimate of drug-likeness (QED) is 0.710. The SMILES string of the molecule is C1CCC(C2=NC(C3CCCCC3)CO2)CC1. The Hall–Kier alpha value is -0.530. The highest BCUT2D eigenvalue weighted by molar-refractivity contribution is 5.80. The van der Waals surface area contributed by atoms with Crippen LogP contribution in [0.1, 0.15) is 64.2 Å². The van der Waals surface area contributed by atoms with Gasteiger partial charge in [0.1, 0.15) is 6.61 Å². The van der Waals surface area contributed by atoms with Gasteiger partial charge in [0.25, 0.3) is 0 Å². The van der Waals surface area contributed by atoms with Crippen molar-refractivity contribution < 1.29 is 4.74 Å². The van der Waals surface area contributed by atoms with Gasteiger partial charge in [-0.1, -0.05) is 38.5 Å². The molecule has 0 aromatic carbocycles. The van der Waals surface area contributed by atoms with Crippen molar-refractivity contribution in [1.29, 1.82) is 0 Å². The topological polar surface area (TPSA) is 21.6 Å². The van der Waals surface area contributed by atoms with Crippen LogP contribution in [0.25, 0.3) is 0 Å². The summed E-state index contributed by atoms with van der Waals surface area (Å²) in [5.74, 6) is 2.61. The van der Waals surface area contributed by atoms with Crippen LogP contribution >= 0.6 is 0 Å². The van der Waals surface area contributed by atoms with E-state index in [4.69, 9.17) is 9.73 Å². The standard InChI is InChI=1S/C15H25NO/c1-3-7-12(8-4-1)14-11-17-15(16-14)13-9-5-2-6-10-13/h12-14H,1-11H2. The summed E-state index contributed by atoms with van der Waals surface area (Å²) < 4.78 is 5.91. The first kappa shape index (κ1) is 11.6. The van der Waals surface area contributed by atoms with Gasteiger partial charge in [0.15, 0.2) is 5.90 Å². The van der Waals surface area contributed by atoms with Crippen LogP contribution in [-0.2, 0) is 4.74 Å². The van der Waals surface area contributed by atoms with Crippen molar-refractivity contribution in [2.24, 2.45) is 16.8 Å². The summed E-state index contributed by atoms with van der Waals surface area (Å²) in [6, 6.07) is 0.507. The number of rotatable bonds is 2. The molecule has 2 heteroatoms. The zero-order valence-corrected chi connectivity index (χ0v) is 10.9. The Kier molecular flexibility index (Phi) is 3.68. The summed E-state index contributed by atoms with van der Waals surface area (Å²) in [5, 5.41) is 0. The van der Waals surface area contributed by atoms with Crippen molar-refractivity contribution in [2.45, 2.75) is 70.3 Å². The molecular formula is C15H25NO. The lowest BCUT2D eigenvalue weighted by Crippen LogP contribution is -2.22. The first-order valence-corrected chi connectivity index (χ1v) is 7.64. The van der Waals surface area contributed by atoms with Gasteiger partial charge < -0.3 is 4.74 Å². The predicted octanol–water partition coefficient (Wildman–Crippen LogP) is 3.94. The number of hydrogen-bond donors (Lipinski definition) is 0. The van der Waals surface area contributed by atoms with Crippen LogP contribution in [-0.4, -0.2) is 18.5 Å². The molecule has 3 aliphatic rings. The molecule has 0 amide bonds. The van der Waals surface area contributed by atoms with Gasteiger partial charge in [-0.3, -0.25) is 0 Å². The Labute approximate surface area is 105 Å². The fourth-order valence-corrected chi connectivity index (χ4v) is 3.74. The highest BCUT2D eigenvalue weighted by Crippen LogP contribution is 2.33. The molecule has 17 heavy (non-hydrogen) atoms. The van der Waals surface area contributed by atoms with E-state index in [2.05, 4.69) is 0 Å². The molecule has 2 saturated carbocycles. The maximum absolute atomic E-state index is 5.91. The third kappa shape index (κ3) is 2.66. The molecule has 0 aromatic rings. The van der Waals surface area contributed by atoms with E-state index in [9.17, 15) is 0 Å². The van der Waals surface area contributed by atoms with Gasteiger partial charge in [-0.25, -0.2) is 4.99 Å². The van der Waals surface area contributed by atoms with Crippen LogP contribution in [0, 0.1) is 11.8 Å². The van der Waals surface area contributed by atoms with E-state index in [0.717, 1.165) is 18.4 Å². The van der Waals surface area contributed by atoms with E-state index in [1.165, 1.54) is 64.2 Å². The predicted molar refractivity (Wildman–Crippen MR) is 70.3 cm³/mol. The Morgan fingerprint density at radius 3 is 2.18 bits per heavy atom. The molecule has 1 heterocycles. The molecule has 0 bridgehead atoms.